The number of hydrogen-bond donors (Lipinski definition) is 1. The van der Waals surface area contributed by atoms with Gasteiger partial charge in [0, 0.05) is 22.8 Å². The number of ether oxygens (including phenoxy) is 2. The van der Waals surface area contributed by atoms with Crippen molar-refractivity contribution >= 4 is 27.4 Å². The van der Waals surface area contributed by atoms with Gasteiger partial charge in [0.05, 0.1) is 19.3 Å². The van der Waals surface area contributed by atoms with E-state index in [0.29, 0.717) is 22.3 Å². The van der Waals surface area contributed by atoms with Crippen LogP contribution in [0.15, 0.2) is 18.2 Å². The van der Waals surface area contributed by atoms with E-state index in [1.807, 2.05) is 6.92 Å². The van der Waals surface area contributed by atoms with Crippen LogP contribution in [0.4, 0.5) is 4.39 Å². The summed E-state index contributed by atoms with van der Waals surface area (Å²) in [4.78, 5) is 11.4. The van der Waals surface area contributed by atoms with Crippen molar-refractivity contribution in [2.45, 2.75) is 19.6 Å². The molecule has 1 atom stereocenters. The molecular weight excluding hydrogens is 283 g/mol. The first-order valence-corrected chi connectivity index (χ1v) is 6.90. The summed E-state index contributed by atoms with van der Waals surface area (Å²) in [5.74, 6) is -1.49. The lowest BCUT2D eigenvalue weighted by molar-refractivity contribution is -0.00000502. The molecule has 6 heteroatoms. The number of hydrogen-bond acceptors (Lipinski definition) is 4. The molecule has 0 aliphatic rings. The van der Waals surface area contributed by atoms with Gasteiger partial charge in [0.2, 0.25) is 0 Å². The Morgan fingerprint density at radius 3 is 2.90 bits per heavy atom. The number of benzene rings is 1. The number of aromatic carboxylic acids is 1. The smallest absolute Gasteiger partial charge is 0.346 e. The van der Waals surface area contributed by atoms with Gasteiger partial charge in [-0.05, 0) is 19.1 Å². The molecule has 0 amide bonds. The topological polar surface area (TPSA) is 55.8 Å². The maximum Gasteiger partial charge on any atom is 0.346 e. The van der Waals surface area contributed by atoms with Crippen molar-refractivity contribution in [3.05, 3.63) is 34.5 Å². The molecule has 0 saturated carbocycles. The standard InChI is InChI=1S/C14H15FO4S/c1-8(6-18-2)19-7-9-12-10(15)4-3-5-11(12)20-13(9)14(16)17/h3-5,8H,6-7H2,1-2H3,(H,16,17). The Morgan fingerprint density at radius 1 is 1.50 bits per heavy atom. The molecule has 0 spiro atoms. The molecular formula is C14H15FO4S. The van der Waals surface area contributed by atoms with E-state index >= 15 is 0 Å². The zero-order chi connectivity index (χ0) is 14.7. The molecule has 2 aromatic rings. The van der Waals surface area contributed by atoms with Crippen LogP contribution in [0.3, 0.4) is 0 Å². The Balaban J connectivity index is 2.38. The lowest BCUT2D eigenvalue weighted by Gasteiger charge is -2.12. The first kappa shape index (κ1) is 14.9. The van der Waals surface area contributed by atoms with Gasteiger partial charge in [0.1, 0.15) is 10.7 Å². The summed E-state index contributed by atoms with van der Waals surface area (Å²) < 4.78 is 25.0. The van der Waals surface area contributed by atoms with E-state index in [0.717, 1.165) is 11.3 Å². The number of carboxylic acid groups (broad SMARTS) is 1. The molecule has 0 aliphatic heterocycles. The van der Waals surface area contributed by atoms with E-state index in [9.17, 15) is 14.3 Å². The van der Waals surface area contributed by atoms with E-state index < -0.39 is 11.8 Å². The van der Waals surface area contributed by atoms with Crippen LogP contribution < -0.4 is 0 Å². The van der Waals surface area contributed by atoms with Crippen LogP contribution in [0, 0.1) is 5.82 Å². The molecule has 1 aromatic heterocycles. The number of halogens is 1. The van der Waals surface area contributed by atoms with Gasteiger partial charge < -0.3 is 14.6 Å². The van der Waals surface area contributed by atoms with Crippen LogP contribution in [0.5, 0.6) is 0 Å². The van der Waals surface area contributed by atoms with Gasteiger partial charge >= 0.3 is 5.97 Å². The number of carboxylic acids is 1. The van der Waals surface area contributed by atoms with E-state index in [2.05, 4.69) is 0 Å². The third-order valence-corrected chi connectivity index (χ3v) is 4.06. The van der Waals surface area contributed by atoms with Gasteiger partial charge in [0.25, 0.3) is 0 Å². The molecule has 2 rings (SSSR count). The zero-order valence-corrected chi connectivity index (χ0v) is 12.0. The second-order valence-corrected chi connectivity index (χ2v) is 5.46. The van der Waals surface area contributed by atoms with E-state index in [1.54, 1.807) is 19.2 Å². The number of methoxy groups -OCH3 is 1. The quantitative estimate of drug-likeness (QED) is 0.889. The van der Waals surface area contributed by atoms with Gasteiger partial charge in [-0.1, -0.05) is 6.07 Å². The van der Waals surface area contributed by atoms with Crippen molar-refractivity contribution in [2.24, 2.45) is 0 Å². The maximum absolute atomic E-state index is 13.9. The van der Waals surface area contributed by atoms with Crippen LogP contribution in [-0.2, 0) is 16.1 Å². The van der Waals surface area contributed by atoms with Crippen LogP contribution in [0.2, 0.25) is 0 Å². The molecule has 0 aliphatic carbocycles. The van der Waals surface area contributed by atoms with Crippen LogP contribution in [-0.4, -0.2) is 30.9 Å². The molecule has 4 nitrogen and oxygen atoms in total. The summed E-state index contributed by atoms with van der Waals surface area (Å²) in [7, 11) is 1.56. The van der Waals surface area contributed by atoms with Gasteiger partial charge in [0.15, 0.2) is 0 Å². The van der Waals surface area contributed by atoms with E-state index in [-0.39, 0.29) is 17.6 Å². The fourth-order valence-electron chi connectivity index (χ4n) is 1.99. The van der Waals surface area contributed by atoms with Crippen molar-refractivity contribution < 1.29 is 23.8 Å². The molecule has 0 fully saturated rings. The minimum Gasteiger partial charge on any atom is -0.477 e. The van der Waals surface area contributed by atoms with Gasteiger partial charge in [-0.3, -0.25) is 0 Å². The lowest BCUT2D eigenvalue weighted by atomic mass is 10.1. The predicted molar refractivity (Wildman–Crippen MR) is 74.9 cm³/mol. The monoisotopic (exact) mass is 298 g/mol. The van der Waals surface area contributed by atoms with Crippen molar-refractivity contribution in [3.8, 4) is 0 Å². The fraction of sp³-hybridized carbons (Fsp3) is 0.357. The molecule has 0 radical (unpaired) electrons. The summed E-state index contributed by atoms with van der Waals surface area (Å²) in [5.41, 5.74) is 0.388. The summed E-state index contributed by atoms with van der Waals surface area (Å²) in [6.07, 6.45) is -0.191. The first-order valence-electron chi connectivity index (χ1n) is 6.08. The third kappa shape index (κ3) is 2.98. The lowest BCUT2D eigenvalue weighted by Crippen LogP contribution is -2.15. The van der Waals surface area contributed by atoms with Crippen LogP contribution in [0.1, 0.15) is 22.2 Å². The molecule has 1 unspecified atom stereocenters. The van der Waals surface area contributed by atoms with Crippen molar-refractivity contribution in [1.82, 2.24) is 0 Å². The Labute approximate surface area is 119 Å². The highest BCUT2D eigenvalue weighted by Crippen LogP contribution is 2.33. The SMILES string of the molecule is COCC(C)OCc1c(C(=O)O)sc2cccc(F)c12. The molecule has 1 N–H and O–H groups in total. The van der Waals surface area contributed by atoms with Crippen molar-refractivity contribution in [3.63, 3.8) is 0 Å². The highest BCUT2D eigenvalue weighted by molar-refractivity contribution is 7.21. The van der Waals surface area contributed by atoms with Gasteiger partial charge in [-0.2, -0.15) is 0 Å². The zero-order valence-electron chi connectivity index (χ0n) is 11.2. The maximum atomic E-state index is 13.9. The second-order valence-electron chi connectivity index (χ2n) is 4.40. The van der Waals surface area contributed by atoms with Crippen LogP contribution in [0.25, 0.3) is 10.1 Å². The summed E-state index contributed by atoms with van der Waals surface area (Å²) >= 11 is 1.06. The van der Waals surface area contributed by atoms with Crippen molar-refractivity contribution in [1.29, 1.82) is 0 Å². The Hall–Kier alpha value is -1.50. The number of rotatable bonds is 6. The third-order valence-electron chi connectivity index (χ3n) is 2.87. The average Bonchev–Trinajstić information content (AvgIpc) is 2.77. The second kappa shape index (κ2) is 6.30. The largest absolute Gasteiger partial charge is 0.477 e. The molecule has 0 bridgehead atoms. The fourth-order valence-corrected chi connectivity index (χ4v) is 3.05. The minimum absolute atomic E-state index is 0.0487. The molecule has 0 saturated heterocycles. The number of thiophene rings is 1. The number of fused-ring (bicyclic) bond motifs is 1. The molecule has 1 heterocycles. The van der Waals surface area contributed by atoms with E-state index in [1.165, 1.54) is 6.07 Å². The minimum atomic E-state index is -1.07. The highest BCUT2D eigenvalue weighted by atomic mass is 32.1. The molecule has 108 valence electrons. The number of carbonyl (C=O) groups is 1. The Morgan fingerprint density at radius 2 is 2.25 bits per heavy atom. The summed E-state index contributed by atoms with van der Waals surface area (Å²) in [6, 6.07) is 4.60. The van der Waals surface area contributed by atoms with Gasteiger partial charge in [-0.25, -0.2) is 9.18 Å². The molecule has 20 heavy (non-hydrogen) atoms. The van der Waals surface area contributed by atoms with E-state index in [4.69, 9.17) is 9.47 Å². The summed E-state index contributed by atoms with van der Waals surface area (Å²) in [6.45, 7) is 2.26. The van der Waals surface area contributed by atoms with Gasteiger partial charge in [-0.15, -0.1) is 11.3 Å². The Kier molecular flexibility index (Phi) is 4.69. The first-order chi connectivity index (χ1) is 9.54. The van der Waals surface area contributed by atoms with Crippen LogP contribution >= 0.6 is 11.3 Å². The summed E-state index contributed by atoms with van der Waals surface area (Å²) in [5, 5.41) is 9.57. The Bertz CT molecular complexity index is 623. The average molecular weight is 298 g/mol. The normalized spacial score (nSPS) is 12.8. The molecule has 1 aromatic carbocycles. The van der Waals surface area contributed by atoms with Crippen molar-refractivity contribution in [2.75, 3.05) is 13.7 Å². The highest BCUT2D eigenvalue weighted by Gasteiger charge is 2.20. The predicted octanol–water partition coefficient (Wildman–Crippen LogP) is 3.29.